The Morgan fingerprint density at radius 1 is 0.625 bits per heavy atom. The third kappa shape index (κ3) is 2.77. The second-order valence-electron chi connectivity index (χ2n) is 5.40. The fourth-order valence-electron chi connectivity index (χ4n) is 2.86. The molecule has 1 aromatic heterocycles. The minimum absolute atomic E-state index is 0. The third-order valence-electron chi connectivity index (χ3n) is 3.94. The van der Waals surface area contributed by atoms with Crippen LogP contribution in [0.1, 0.15) is 0 Å². The summed E-state index contributed by atoms with van der Waals surface area (Å²) in [7, 11) is 0. The summed E-state index contributed by atoms with van der Waals surface area (Å²) in [4.78, 5) is 4.56. The number of hydrogen-bond acceptors (Lipinski definition) is 1. The van der Waals surface area contributed by atoms with Gasteiger partial charge in [0.2, 0.25) is 0 Å². The number of hydrogen-bond donors (Lipinski definition) is 0. The summed E-state index contributed by atoms with van der Waals surface area (Å²) in [5.74, 6) is -0.277. The maximum atomic E-state index is 15.3. The molecule has 0 spiro atoms. The summed E-state index contributed by atoms with van der Waals surface area (Å²) in [6.45, 7) is 0. The number of para-hydroxylation sites is 1. The molecular formula is C21H15ClFN. The smallest absolute Gasteiger partial charge is 0.157 e. The SMILES string of the molecule is Cl.Fc1c(-c2ccccc2)nc2ccccc2c1-c1ccccc1. The lowest BCUT2D eigenvalue weighted by atomic mass is 9.97. The molecule has 1 heterocycles. The first-order valence-electron chi connectivity index (χ1n) is 7.53. The Morgan fingerprint density at radius 3 is 1.83 bits per heavy atom. The monoisotopic (exact) mass is 335 g/mol. The van der Waals surface area contributed by atoms with Crippen LogP contribution in [0, 0.1) is 5.82 Å². The van der Waals surface area contributed by atoms with E-state index in [1.165, 1.54) is 0 Å². The van der Waals surface area contributed by atoms with Gasteiger partial charge in [0.05, 0.1) is 5.52 Å². The highest BCUT2D eigenvalue weighted by Crippen LogP contribution is 2.35. The molecule has 0 aliphatic heterocycles. The summed E-state index contributed by atoms with van der Waals surface area (Å²) < 4.78 is 15.3. The van der Waals surface area contributed by atoms with E-state index in [0.29, 0.717) is 11.3 Å². The normalized spacial score (nSPS) is 10.4. The van der Waals surface area contributed by atoms with Gasteiger partial charge >= 0.3 is 0 Å². The predicted octanol–water partition coefficient (Wildman–Crippen LogP) is 6.13. The number of halogens is 2. The molecule has 118 valence electrons. The van der Waals surface area contributed by atoms with Crippen molar-refractivity contribution >= 4 is 23.3 Å². The highest BCUT2D eigenvalue weighted by atomic mass is 35.5. The number of fused-ring (bicyclic) bond motifs is 1. The van der Waals surface area contributed by atoms with Crippen molar-refractivity contribution in [1.82, 2.24) is 4.98 Å². The molecule has 3 aromatic carbocycles. The van der Waals surface area contributed by atoms with Crippen LogP contribution < -0.4 is 0 Å². The van der Waals surface area contributed by atoms with Crippen LogP contribution in [0.4, 0.5) is 4.39 Å². The van der Waals surface area contributed by atoms with E-state index in [-0.39, 0.29) is 18.2 Å². The Morgan fingerprint density at radius 2 is 1.17 bits per heavy atom. The minimum Gasteiger partial charge on any atom is -0.245 e. The van der Waals surface area contributed by atoms with Gasteiger partial charge in [-0.1, -0.05) is 78.9 Å². The maximum Gasteiger partial charge on any atom is 0.157 e. The molecule has 0 N–H and O–H groups in total. The quantitative estimate of drug-likeness (QED) is 0.429. The number of nitrogens with zero attached hydrogens (tertiary/aromatic N) is 1. The zero-order valence-electron chi connectivity index (χ0n) is 12.8. The molecule has 0 fully saturated rings. The van der Waals surface area contributed by atoms with E-state index in [1.54, 1.807) is 0 Å². The summed E-state index contributed by atoms with van der Waals surface area (Å²) in [5.41, 5.74) is 3.44. The first kappa shape index (κ1) is 16.2. The van der Waals surface area contributed by atoms with Gasteiger partial charge in [-0.05, 0) is 11.6 Å². The van der Waals surface area contributed by atoms with Crippen LogP contribution in [-0.2, 0) is 0 Å². The highest BCUT2D eigenvalue weighted by Gasteiger charge is 2.17. The van der Waals surface area contributed by atoms with Gasteiger partial charge in [0.25, 0.3) is 0 Å². The molecule has 0 atom stereocenters. The largest absolute Gasteiger partial charge is 0.245 e. The number of pyridine rings is 1. The van der Waals surface area contributed by atoms with E-state index in [4.69, 9.17) is 0 Å². The van der Waals surface area contributed by atoms with Crippen LogP contribution in [-0.4, -0.2) is 4.98 Å². The average Bonchev–Trinajstić information content (AvgIpc) is 2.63. The standard InChI is InChI=1S/C21H14FN.ClH/c22-20-19(15-9-3-1-4-10-15)17-13-7-8-14-18(17)23-21(20)16-11-5-2-6-12-16;/h1-14H;1H. The third-order valence-corrected chi connectivity index (χ3v) is 3.94. The van der Waals surface area contributed by atoms with Gasteiger partial charge in [-0.15, -0.1) is 12.4 Å². The molecule has 0 saturated carbocycles. The van der Waals surface area contributed by atoms with E-state index >= 15 is 4.39 Å². The first-order valence-corrected chi connectivity index (χ1v) is 7.53. The number of aromatic nitrogens is 1. The Hall–Kier alpha value is -2.71. The summed E-state index contributed by atoms with van der Waals surface area (Å²) in [5, 5.41) is 0.830. The van der Waals surface area contributed by atoms with E-state index in [9.17, 15) is 0 Å². The molecule has 24 heavy (non-hydrogen) atoms. The maximum absolute atomic E-state index is 15.3. The van der Waals surface area contributed by atoms with E-state index < -0.39 is 0 Å². The molecule has 0 amide bonds. The van der Waals surface area contributed by atoms with Gasteiger partial charge in [-0.3, -0.25) is 0 Å². The molecule has 3 heteroatoms. The topological polar surface area (TPSA) is 12.9 Å². The fourth-order valence-corrected chi connectivity index (χ4v) is 2.86. The minimum atomic E-state index is -0.277. The summed E-state index contributed by atoms with van der Waals surface area (Å²) >= 11 is 0. The molecule has 1 nitrogen and oxygen atoms in total. The predicted molar refractivity (Wildman–Crippen MR) is 99.8 cm³/mol. The fraction of sp³-hybridized carbons (Fsp3) is 0. The van der Waals surface area contributed by atoms with Gasteiger partial charge < -0.3 is 0 Å². The van der Waals surface area contributed by atoms with Crippen LogP contribution in [0.15, 0.2) is 84.9 Å². The molecular weight excluding hydrogens is 321 g/mol. The Balaban J connectivity index is 0.00000169. The van der Waals surface area contributed by atoms with Crippen molar-refractivity contribution in [3.8, 4) is 22.4 Å². The zero-order valence-corrected chi connectivity index (χ0v) is 13.6. The van der Waals surface area contributed by atoms with Gasteiger partial charge in [-0.2, -0.15) is 0 Å². The van der Waals surface area contributed by atoms with Gasteiger partial charge in [0, 0.05) is 16.5 Å². The zero-order chi connectivity index (χ0) is 15.6. The lowest BCUT2D eigenvalue weighted by Gasteiger charge is -2.12. The van der Waals surface area contributed by atoms with E-state index in [1.807, 2.05) is 84.9 Å². The van der Waals surface area contributed by atoms with Gasteiger partial charge in [-0.25, -0.2) is 9.37 Å². The second-order valence-corrected chi connectivity index (χ2v) is 5.40. The van der Waals surface area contributed by atoms with Gasteiger partial charge in [0.15, 0.2) is 5.82 Å². The molecule has 0 unspecified atom stereocenters. The second kappa shape index (κ2) is 6.81. The Labute approximate surface area is 146 Å². The van der Waals surface area contributed by atoms with E-state index in [0.717, 1.165) is 22.0 Å². The van der Waals surface area contributed by atoms with Crippen molar-refractivity contribution in [2.24, 2.45) is 0 Å². The molecule has 0 radical (unpaired) electrons. The van der Waals surface area contributed by atoms with Crippen LogP contribution in [0.3, 0.4) is 0 Å². The van der Waals surface area contributed by atoms with Crippen LogP contribution in [0.25, 0.3) is 33.3 Å². The van der Waals surface area contributed by atoms with E-state index in [2.05, 4.69) is 4.98 Å². The van der Waals surface area contributed by atoms with Crippen molar-refractivity contribution < 1.29 is 4.39 Å². The van der Waals surface area contributed by atoms with Crippen molar-refractivity contribution in [3.63, 3.8) is 0 Å². The molecule has 4 aromatic rings. The van der Waals surface area contributed by atoms with Gasteiger partial charge in [0.1, 0.15) is 5.69 Å². The molecule has 4 rings (SSSR count). The van der Waals surface area contributed by atoms with Crippen LogP contribution >= 0.6 is 12.4 Å². The molecule has 0 bridgehead atoms. The lowest BCUT2D eigenvalue weighted by Crippen LogP contribution is -1.96. The lowest BCUT2D eigenvalue weighted by molar-refractivity contribution is 0.631. The van der Waals surface area contributed by atoms with Crippen molar-refractivity contribution in [2.75, 3.05) is 0 Å². The molecule has 0 saturated heterocycles. The Kier molecular flexibility index (Phi) is 4.59. The summed E-state index contributed by atoms with van der Waals surface area (Å²) in [6, 6.07) is 26.8. The highest BCUT2D eigenvalue weighted by molar-refractivity contribution is 5.97. The average molecular weight is 336 g/mol. The van der Waals surface area contributed by atoms with Crippen molar-refractivity contribution in [3.05, 3.63) is 90.7 Å². The Bertz CT molecular complexity index is 969. The number of rotatable bonds is 2. The van der Waals surface area contributed by atoms with Crippen LogP contribution in [0.5, 0.6) is 0 Å². The van der Waals surface area contributed by atoms with Crippen molar-refractivity contribution in [1.29, 1.82) is 0 Å². The van der Waals surface area contributed by atoms with Crippen LogP contribution in [0.2, 0.25) is 0 Å². The summed E-state index contributed by atoms with van der Waals surface area (Å²) in [6.07, 6.45) is 0. The molecule has 0 aliphatic rings. The number of benzene rings is 3. The van der Waals surface area contributed by atoms with Crippen molar-refractivity contribution in [2.45, 2.75) is 0 Å². The first-order chi connectivity index (χ1) is 11.3. The molecule has 0 aliphatic carbocycles.